The fourth-order valence-corrected chi connectivity index (χ4v) is 4.03. The Balaban J connectivity index is 0.00000156. The maximum Gasteiger partial charge on any atom is 0.229 e. The van der Waals surface area contributed by atoms with Crippen LogP contribution in [-0.4, -0.2) is 16.9 Å². The van der Waals surface area contributed by atoms with E-state index in [2.05, 4.69) is 10.3 Å². The lowest BCUT2D eigenvalue weighted by Gasteiger charge is -2.27. The van der Waals surface area contributed by atoms with Crippen LogP contribution in [0, 0.1) is 17.8 Å². The SMILES string of the molecule is Cl.NC1C2CCC(C2)C1C(=O)Nc1ccc(-c2cnco2)cc1. The molecule has 0 spiro atoms. The highest BCUT2D eigenvalue weighted by atomic mass is 35.5. The second-order valence-electron chi connectivity index (χ2n) is 6.37. The van der Waals surface area contributed by atoms with E-state index >= 15 is 0 Å². The number of halogens is 1. The number of anilines is 1. The average Bonchev–Trinajstić information content (AvgIpc) is 3.25. The van der Waals surface area contributed by atoms with Crippen LogP contribution in [0.2, 0.25) is 0 Å². The first-order chi connectivity index (χ1) is 10.7. The molecule has 0 radical (unpaired) electrons. The molecule has 4 atom stereocenters. The van der Waals surface area contributed by atoms with E-state index in [1.54, 1.807) is 6.20 Å². The van der Waals surface area contributed by atoms with Crippen LogP contribution in [0.3, 0.4) is 0 Å². The van der Waals surface area contributed by atoms with E-state index in [9.17, 15) is 4.79 Å². The minimum atomic E-state index is -0.0345. The van der Waals surface area contributed by atoms with Gasteiger partial charge >= 0.3 is 0 Å². The first-order valence-electron chi connectivity index (χ1n) is 7.78. The predicted molar refractivity (Wildman–Crippen MR) is 90.1 cm³/mol. The Morgan fingerprint density at radius 1 is 1.22 bits per heavy atom. The summed E-state index contributed by atoms with van der Waals surface area (Å²) in [5.74, 6) is 1.75. The van der Waals surface area contributed by atoms with Gasteiger partial charge in [-0.25, -0.2) is 4.98 Å². The summed E-state index contributed by atoms with van der Waals surface area (Å²) in [4.78, 5) is 16.4. The highest BCUT2D eigenvalue weighted by Crippen LogP contribution is 2.47. The van der Waals surface area contributed by atoms with Gasteiger partial charge in [0.15, 0.2) is 12.2 Å². The fraction of sp³-hybridized carbons (Fsp3) is 0.412. The molecule has 1 aromatic carbocycles. The van der Waals surface area contributed by atoms with Crippen LogP contribution >= 0.6 is 12.4 Å². The molecule has 4 unspecified atom stereocenters. The molecule has 2 saturated carbocycles. The quantitative estimate of drug-likeness (QED) is 0.904. The molecule has 2 aliphatic rings. The molecule has 1 aromatic heterocycles. The van der Waals surface area contributed by atoms with E-state index in [1.807, 2.05) is 24.3 Å². The van der Waals surface area contributed by atoms with Gasteiger partial charge in [-0.1, -0.05) is 0 Å². The number of hydrogen-bond acceptors (Lipinski definition) is 4. The Labute approximate surface area is 141 Å². The van der Waals surface area contributed by atoms with Crippen molar-refractivity contribution in [1.82, 2.24) is 4.98 Å². The number of benzene rings is 1. The lowest BCUT2D eigenvalue weighted by atomic mass is 9.84. The Morgan fingerprint density at radius 3 is 2.57 bits per heavy atom. The van der Waals surface area contributed by atoms with Crippen LogP contribution in [0.5, 0.6) is 0 Å². The highest BCUT2D eigenvalue weighted by Gasteiger charge is 2.49. The molecule has 122 valence electrons. The van der Waals surface area contributed by atoms with Gasteiger partial charge in [-0.2, -0.15) is 0 Å². The van der Waals surface area contributed by atoms with Crippen LogP contribution in [-0.2, 0) is 4.79 Å². The molecule has 1 heterocycles. The molecule has 0 aliphatic heterocycles. The van der Waals surface area contributed by atoms with Gasteiger partial charge in [0.1, 0.15) is 0 Å². The molecule has 2 bridgehead atoms. The molecule has 4 rings (SSSR count). The molecule has 1 amide bonds. The van der Waals surface area contributed by atoms with Crippen LogP contribution in [0.1, 0.15) is 19.3 Å². The third-order valence-electron chi connectivity index (χ3n) is 5.15. The molecule has 3 N–H and O–H groups in total. The van der Waals surface area contributed by atoms with Gasteiger partial charge in [0, 0.05) is 17.3 Å². The number of amides is 1. The fourth-order valence-electron chi connectivity index (χ4n) is 4.03. The highest BCUT2D eigenvalue weighted by molar-refractivity contribution is 5.93. The van der Waals surface area contributed by atoms with Crippen molar-refractivity contribution in [2.45, 2.75) is 25.3 Å². The first-order valence-corrected chi connectivity index (χ1v) is 7.78. The minimum absolute atomic E-state index is 0. The van der Waals surface area contributed by atoms with E-state index in [0.29, 0.717) is 17.6 Å². The third-order valence-corrected chi connectivity index (χ3v) is 5.15. The van der Waals surface area contributed by atoms with E-state index in [4.69, 9.17) is 10.2 Å². The van der Waals surface area contributed by atoms with Crippen molar-refractivity contribution in [2.75, 3.05) is 5.32 Å². The van der Waals surface area contributed by atoms with Crippen LogP contribution in [0.4, 0.5) is 5.69 Å². The van der Waals surface area contributed by atoms with Crippen molar-refractivity contribution in [3.8, 4) is 11.3 Å². The molecule has 2 aliphatic carbocycles. The van der Waals surface area contributed by atoms with Gasteiger partial charge in [0.25, 0.3) is 0 Å². The maximum absolute atomic E-state index is 12.5. The summed E-state index contributed by atoms with van der Waals surface area (Å²) in [7, 11) is 0. The molecular formula is C17H20ClN3O2. The minimum Gasteiger partial charge on any atom is -0.444 e. The van der Waals surface area contributed by atoms with Crippen molar-refractivity contribution < 1.29 is 9.21 Å². The summed E-state index contributed by atoms with van der Waals surface area (Å²) in [6.45, 7) is 0. The zero-order valence-electron chi connectivity index (χ0n) is 12.6. The van der Waals surface area contributed by atoms with E-state index in [0.717, 1.165) is 24.1 Å². The Kier molecular flexibility index (Phi) is 4.41. The molecule has 2 fully saturated rings. The van der Waals surface area contributed by atoms with Crippen molar-refractivity contribution in [2.24, 2.45) is 23.5 Å². The van der Waals surface area contributed by atoms with Gasteiger partial charge in [-0.05, 0) is 55.4 Å². The topological polar surface area (TPSA) is 81.2 Å². The number of hydrogen-bond donors (Lipinski definition) is 2. The molecule has 23 heavy (non-hydrogen) atoms. The number of carbonyl (C=O) groups is 1. The summed E-state index contributed by atoms with van der Waals surface area (Å²) in [6, 6.07) is 7.61. The third kappa shape index (κ3) is 2.86. The zero-order chi connectivity index (χ0) is 15.1. The number of nitrogens with one attached hydrogen (secondary N) is 1. The summed E-state index contributed by atoms with van der Waals surface area (Å²) in [6.07, 6.45) is 6.51. The van der Waals surface area contributed by atoms with Crippen LogP contribution in [0.25, 0.3) is 11.3 Å². The number of nitrogens with zero attached hydrogens (tertiary/aromatic N) is 1. The van der Waals surface area contributed by atoms with Gasteiger partial charge in [-0.15, -0.1) is 12.4 Å². The summed E-state index contributed by atoms with van der Waals surface area (Å²) in [5, 5.41) is 3.01. The lowest BCUT2D eigenvalue weighted by Crippen LogP contribution is -2.42. The normalized spacial score (nSPS) is 28.4. The van der Waals surface area contributed by atoms with Gasteiger partial charge in [0.2, 0.25) is 5.91 Å². The number of rotatable bonds is 3. The molecule has 2 aromatic rings. The lowest BCUT2D eigenvalue weighted by molar-refractivity contribution is -0.121. The largest absolute Gasteiger partial charge is 0.444 e. The molecule has 0 saturated heterocycles. The predicted octanol–water partition coefficient (Wildman–Crippen LogP) is 3.08. The van der Waals surface area contributed by atoms with Crippen molar-refractivity contribution in [3.05, 3.63) is 36.9 Å². The maximum atomic E-state index is 12.5. The van der Waals surface area contributed by atoms with Crippen LogP contribution < -0.4 is 11.1 Å². The Bertz CT molecular complexity index is 670. The summed E-state index contributed by atoms with van der Waals surface area (Å²) in [5.41, 5.74) is 7.96. The number of fused-ring (bicyclic) bond motifs is 2. The van der Waals surface area contributed by atoms with E-state index in [1.165, 1.54) is 12.8 Å². The molecule has 5 nitrogen and oxygen atoms in total. The number of oxazole rings is 1. The smallest absolute Gasteiger partial charge is 0.229 e. The van der Waals surface area contributed by atoms with E-state index < -0.39 is 0 Å². The van der Waals surface area contributed by atoms with Crippen molar-refractivity contribution >= 4 is 24.0 Å². The monoisotopic (exact) mass is 333 g/mol. The zero-order valence-corrected chi connectivity index (χ0v) is 13.5. The number of carbonyl (C=O) groups excluding carboxylic acids is 1. The Morgan fingerprint density at radius 2 is 1.96 bits per heavy atom. The number of nitrogens with two attached hydrogens (primary N) is 1. The summed E-state index contributed by atoms with van der Waals surface area (Å²) < 4.78 is 5.25. The standard InChI is InChI=1S/C17H19N3O2.ClH/c18-16-12-2-1-11(7-12)15(16)17(21)20-13-5-3-10(4-6-13)14-8-19-9-22-14;/h3-6,8-9,11-12,15-16H,1-2,7,18H2,(H,20,21);1H. The summed E-state index contributed by atoms with van der Waals surface area (Å²) >= 11 is 0. The second kappa shape index (κ2) is 6.34. The number of aromatic nitrogens is 1. The molecule has 6 heteroatoms. The van der Waals surface area contributed by atoms with Gasteiger partial charge < -0.3 is 15.5 Å². The van der Waals surface area contributed by atoms with Crippen LogP contribution in [0.15, 0.2) is 41.3 Å². The molecular weight excluding hydrogens is 314 g/mol. The van der Waals surface area contributed by atoms with Crippen molar-refractivity contribution in [1.29, 1.82) is 0 Å². The Hall–Kier alpha value is -1.85. The second-order valence-corrected chi connectivity index (χ2v) is 6.37. The van der Waals surface area contributed by atoms with E-state index in [-0.39, 0.29) is 30.3 Å². The van der Waals surface area contributed by atoms with Gasteiger partial charge in [0.05, 0.1) is 12.1 Å². The average molecular weight is 334 g/mol. The van der Waals surface area contributed by atoms with Gasteiger partial charge in [-0.3, -0.25) is 4.79 Å². The van der Waals surface area contributed by atoms with Crippen molar-refractivity contribution in [3.63, 3.8) is 0 Å². The first kappa shape index (κ1) is 16.0.